The monoisotopic (exact) mass is 184 g/mol. The van der Waals surface area contributed by atoms with Crippen LogP contribution in [0.2, 0.25) is 0 Å². The molecule has 76 valence electrons. The highest BCUT2D eigenvalue weighted by Crippen LogP contribution is 2.42. The molecular formula is C10H20N2O. The molecule has 2 fully saturated rings. The van der Waals surface area contributed by atoms with Crippen LogP contribution in [0.15, 0.2) is 0 Å². The molecule has 0 radical (unpaired) electrons. The molecule has 0 unspecified atom stereocenters. The van der Waals surface area contributed by atoms with Crippen LogP contribution in [-0.2, 0) is 4.79 Å². The second kappa shape index (κ2) is 4.09. The predicted molar refractivity (Wildman–Crippen MR) is 53.6 cm³/mol. The topological polar surface area (TPSA) is 32.3 Å². The summed E-state index contributed by atoms with van der Waals surface area (Å²) in [5.41, 5.74) is 0.240. The summed E-state index contributed by atoms with van der Waals surface area (Å²) in [6.07, 6.45) is 2.39. The molecule has 0 aromatic heterocycles. The van der Waals surface area contributed by atoms with Gasteiger partial charge in [-0.1, -0.05) is 13.8 Å². The van der Waals surface area contributed by atoms with Crippen molar-refractivity contribution in [1.29, 1.82) is 0 Å². The Hall–Kier alpha value is -0.570. The smallest absolute Gasteiger partial charge is 0.219 e. The van der Waals surface area contributed by atoms with E-state index in [2.05, 4.69) is 5.32 Å². The van der Waals surface area contributed by atoms with Crippen LogP contribution >= 0.6 is 0 Å². The Kier molecular flexibility index (Phi) is 3.31. The summed E-state index contributed by atoms with van der Waals surface area (Å²) in [4.78, 5) is 13.2. The van der Waals surface area contributed by atoms with Gasteiger partial charge in [-0.05, 0) is 12.8 Å². The summed E-state index contributed by atoms with van der Waals surface area (Å²) < 4.78 is 0. The average molecular weight is 184 g/mol. The first kappa shape index (κ1) is 10.5. The van der Waals surface area contributed by atoms with Gasteiger partial charge in [0.2, 0.25) is 5.91 Å². The van der Waals surface area contributed by atoms with Crippen LogP contribution in [0.3, 0.4) is 0 Å². The maximum Gasteiger partial charge on any atom is 0.219 e. The molecule has 0 aromatic carbocycles. The van der Waals surface area contributed by atoms with E-state index in [0.29, 0.717) is 0 Å². The minimum atomic E-state index is 0.240. The molecule has 3 heteroatoms. The van der Waals surface area contributed by atoms with E-state index in [1.807, 2.05) is 18.7 Å². The Morgan fingerprint density at radius 2 is 2.00 bits per heavy atom. The van der Waals surface area contributed by atoms with Crippen molar-refractivity contribution in [3.63, 3.8) is 0 Å². The lowest BCUT2D eigenvalue weighted by Gasteiger charge is -2.36. The molecule has 1 amide bonds. The van der Waals surface area contributed by atoms with E-state index in [9.17, 15) is 4.79 Å². The van der Waals surface area contributed by atoms with Crippen LogP contribution in [-0.4, -0.2) is 36.0 Å². The van der Waals surface area contributed by atoms with Gasteiger partial charge in [-0.3, -0.25) is 4.79 Å². The van der Waals surface area contributed by atoms with E-state index >= 15 is 0 Å². The largest absolute Gasteiger partial charge is 0.335 e. The molecule has 1 saturated carbocycles. The summed E-state index contributed by atoms with van der Waals surface area (Å²) in [6, 6.07) is 0. The van der Waals surface area contributed by atoms with Gasteiger partial charge >= 0.3 is 0 Å². The normalized spacial score (nSPS) is 23.5. The molecular weight excluding hydrogens is 164 g/mol. The third kappa shape index (κ3) is 2.02. The molecule has 1 aliphatic heterocycles. The van der Waals surface area contributed by atoms with Crippen molar-refractivity contribution in [2.24, 2.45) is 0 Å². The van der Waals surface area contributed by atoms with E-state index in [0.717, 1.165) is 19.6 Å². The molecule has 0 aromatic rings. The van der Waals surface area contributed by atoms with Crippen LogP contribution in [0.5, 0.6) is 0 Å². The molecule has 0 bridgehead atoms. The van der Waals surface area contributed by atoms with E-state index in [-0.39, 0.29) is 11.4 Å². The summed E-state index contributed by atoms with van der Waals surface area (Å²) >= 11 is 0. The third-order valence-electron chi connectivity index (χ3n) is 2.75. The number of hydrogen-bond donors (Lipinski definition) is 1. The number of piperazine rings is 1. The van der Waals surface area contributed by atoms with Crippen LogP contribution in [0.25, 0.3) is 0 Å². The van der Waals surface area contributed by atoms with E-state index in [1.54, 1.807) is 6.92 Å². The molecule has 1 aliphatic carbocycles. The Labute approximate surface area is 80.5 Å². The Bertz CT molecular complexity index is 187. The van der Waals surface area contributed by atoms with E-state index in [4.69, 9.17) is 0 Å². The highest BCUT2D eigenvalue weighted by molar-refractivity contribution is 5.75. The molecule has 2 rings (SSSR count). The second-order valence-corrected chi connectivity index (χ2v) is 3.57. The Balaban J connectivity index is 0.000000396. The van der Waals surface area contributed by atoms with Crippen molar-refractivity contribution in [1.82, 2.24) is 10.2 Å². The first-order valence-corrected chi connectivity index (χ1v) is 5.24. The number of carbonyl (C=O) groups is 1. The highest BCUT2D eigenvalue weighted by Gasteiger charge is 2.50. The van der Waals surface area contributed by atoms with Crippen molar-refractivity contribution < 1.29 is 4.79 Å². The van der Waals surface area contributed by atoms with Crippen LogP contribution < -0.4 is 5.32 Å². The fraction of sp³-hybridized carbons (Fsp3) is 0.900. The Morgan fingerprint density at radius 3 is 2.38 bits per heavy atom. The molecule has 1 saturated heterocycles. The number of carbonyl (C=O) groups excluding carboxylic acids is 1. The third-order valence-corrected chi connectivity index (χ3v) is 2.75. The standard InChI is InChI=1S/C8H14N2O.C2H6/c1-7(11)10-5-4-9-6-8(10)2-3-8;1-2/h9H,2-6H2,1H3;1-2H3. The fourth-order valence-corrected chi connectivity index (χ4v) is 1.93. The lowest BCUT2D eigenvalue weighted by atomic mass is 10.1. The molecule has 13 heavy (non-hydrogen) atoms. The van der Waals surface area contributed by atoms with Crippen molar-refractivity contribution in [3.05, 3.63) is 0 Å². The SMILES string of the molecule is CC.CC(=O)N1CCNCC12CC2. The quantitative estimate of drug-likeness (QED) is 0.609. The van der Waals surface area contributed by atoms with Gasteiger partial charge in [0, 0.05) is 26.6 Å². The van der Waals surface area contributed by atoms with Crippen LogP contribution in [0, 0.1) is 0 Å². The van der Waals surface area contributed by atoms with Crippen LogP contribution in [0.4, 0.5) is 0 Å². The molecule has 3 nitrogen and oxygen atoms in total. The zero-order valence-electron chi connectivity index (χ0n) is 8.89. The zero-order valence-corrected chi connectivity index (χ0v) is 8.89. The number of nitrogens with zero attached hydrogens (tertiary/aromatic N) is 1. The van der Waals surface area contributed by atoms with Gasteiger partial charge in [0.15, 0.2) is 0 Å². The maximum absolute atomic E-state index is 11.2. The molecule has 0 atom stereocenters. The fourth-order valence-electron chi connectivity index (χ4n) is 1.93. The Morgan fingerprint density at radius 1 is 1.38 bits per heavy atom. The van der Waals surface area contributed by atoms with Gasteiger partial charge in [0.1, 0.15) is 0 Å². The van der Waals surface area contributed by atoms with Gasteiger partial charge in [-0.25, -0.2) is 0 Å². The van der Waals surface area contributed by atoms with Gasteiger partial charge in [0.25, 0.3) is 0 Å². The predicted octanol–water partition coefficient (Wildman–Crippen LogP) is 0.997. The number of amides is 1. The summed E-state index contributed by atoms with van der Waals surface area (Å²) in [7, 11) is 0. The second-order valence-electron chi connectivity index (χ2n) is 3.57. The van der Waals surface area contributed by atoms with Gasteiger partial charge in [-0.2, -0.15) is 0 Å². The lowest BCUT2D eigenvalue weighted by Crippen LogP contribution is -2.54. The number of rotatable bonds is 0. The number of hydrogen-bond acceptors (Lipinski definition) is 2. The van der Waals surface area contributed by atoms with Crippen molar-refractivity contribution in [3.8, 4) is 0 Å². The lowest BCUT2D eigenvalue weighted by molar-refractivity contribution is -0.132. The first-order chi connectivity index (χ1) is 6.25. The van der Waals surface area contributed by atoms with Gasteiger partial charge in [-0.15, -0.1) is 0 Å². The minimum absolute atomic E-state index is 0.240. The van der Waals surface area contributed by atoms with Gasteiger partial charge in [0.05, 0.1) is 5.54 Å². The zero-order chi connectivity index (χ0) is 9.90. The first-order valence-electron chi connectivity index (χ1n) is 5.24. The summed E-state index contributed by atoms with van der Waals surface area (Å²) in [6.45, 7) is 8.54. The van der Waals surface area contributed by atoms with Crippen LogP contribution in [0.1, 0.15) is 33.6 Å². The summed E-state index contributed by atoms with van der Waals surface area (Å²) in [5.74, 6) is 0.240. The summed E-state index contributed by atoms with van der Waals surface area (Å²) in [5, 5.41) is 3.33. The van der Waals surface area contributed by atoms with Gasteiger partial charge < -0.3 is 10.2 Å². The molecule has 1 spiro atoms. The molecule has 1 heterocycles. The number of nitrogens with one attached hydrogen (secondary N) is 1. The van der Waals surface area contributed by atoms with E-state index in [1.165, 1.54) is 12.8 Å². The van der Waals surface area contributed by atoms with E-state index < -0.39 is 0 Å². The van der Waals surface area contributed by atoms with Crippen molar-refractivity contribution in [2.45, 2.75) is 39.2 Å². The van der Waals surface area contributed by atoms with Crippen molar-refractivity contribution in [2.75, 3.05) is 19.6 Å². The maximum atomic E-state index is 11.2. The molecule has 2 aliphatic rings. The molecule has 1 N–H and O–H groups in total. The highest BCUT2D eigenvalue weighted by atomic mass is 16.2. The van der Waals surface area contributed by atoms with Crippen molar-refractivity contribution >= 4 is 5.91 Å². The average Bonchev–Trinajstić information content (AvgIpc) is 2.89. The minimum Gasteiger partial charge on any atom is -0.335 e.